The summed E-state index contributed by atoms with van der Waals surface area (Å²) in [4.78, 5) is 23.8. The molecular weight excluding hydrogens is 464 g/mol. The van der Waals surface area contributed by atoms with Gasteiger partial charge in [-0.1, -0.05) is 126 Å². The molecule has 0 unspecified atom stereocenters. The van der Waals surface area contributed by atoms with Crippen LogP contribution >= 0.6 is 0 Å². The van der Waals surface area contributed by atoms with Gasteiger partial charge in [0.25, 0.3) is 0 Å². The van der Waals surface area contributed by atoms with Crippen LogP contribution in [0.5, 0.6) is 0 Å². The van der Waals surface area contributed by atoms with Gasteiger partial charge in [0.05, 0.1) is 0 Å². The zero-order valence-electron chi connectivity index (χ0n) is 25.1. The van der Waals surface area contributed by atoms with Crippen molar-refractivity contribution in [2.24, 2.45) is 5.41 Å². The van der Waals surface area contributed by atoms with E-state index in [1.54, 1.807) is 0 Å². The molecule has 0 aliphatic rings. The average Bonchev–Trinajstić information content (AvgIpc) is 2.92. The van der Waals surface area contributed by atoms with Crippen molar-refractivity contribution in [2.75, 3.05) is 0 Å². The van der Waals surface area contributed by atoms with Gasteiger partial charge in [-0.25, -0.2) is 0 Å². The summed E-state index contributed by atoms with van der Waals surface area (Å²) in [6.07, 6.45) is 16.1. The predicted molar refractivity (Wildman–Crippen MR) is 165 cm³/mol. The van der Waals surface area contributed by atoms with E-state index >= 15 is 0 Å². The molecule has 0 aromatic heterocycles. The number of hydrogen-bond donors (Lipinski definition) is 0. The number of aryl methyl sites for hydroxylation is 2. The molecule has 2 nitrogen and oxygen atoms in total. The lowest BCUT2D eigenvalue weighted by Crippen LogP contribution is -2.21. The summed E-state index contributed by atoms with van der Waals surface area (Å²) in [5.74, 6) is 0.741. The number of hydrogen-bond acceptors (Lipinski definition) is 2. The van der Waals surface area contributed by atoms with Crippen LogP contribution in [0, 0.1) is 5.41 Å². The topological polar surface area (TPSA) is 34.1 Å². The van der Waals surface area contributed by atoms with Gasteiger partial charge >= 0.3 is 0 Å². The first-order valence-electron chi connectivity index (χ1n) is 15.1. The second-order valence-corrected chi connectivity index (χ2v) is 11.2. The number of ketones is 2. The molecule has 2 heteroatoms. The molecule has 0 saturated heterocycles. The van der Waals surface area contributed by atoms with Gasteiger partial charge in [-0.15, -0.1) is 0 Å². The molecule has 0 spiro atoms. The highest BCUT2D eigenvalue weighted by Crippen LogP contribution is 2.32. The molecule has 0 aliphatic heterocycles. The Morgan fingerprint density at radius 1 is 0.711 bits per heavy atom. The van der Waals surface area contributed by atoms with Crippen LogP contribution in [0.2, 0.25) is 0 Å². The Morgan fingerprint density at radius 3 is 1.76 bits per heavy atom. The third-order valence-electron chi connectivity index (χ3n) is 7.48. The summed E-state index contributed by atoms with van der Waals surface area (Å²) in [5.41, 5.74) is 4.08. The minimum absolute atomic E-state index is 0.166. The third kappa shape index (κ3) is 16.4. The summed E-state index contributed by atoms with van der Waals surface area (Å²) < 4.78 is 0. The molecule has 38 heavy (non-hydrogen) atoms. The summed E-state index contributed by atoms with van der Waals surface area (Å²) in [6.45, 7) is 10.9. The van der Waals surface area contributed by atoms with E-state index < -0.39 is 0 Å². The quantitative estimate of drug-likeness (QED) is 0.145. The molecule has 2 aromatic carbocycles. The Balaban J connectivity index is 0.000000382. The van der Waals surface area contributed by atoms with Crippen LogP contribution < -0.4 is 0 Å². The van der Waals surface area contributed by atoms with Crippen molar-refractivity contribution in [3.8, 4) is 0 Å². The van der Waals surface area contributed by atoms with Gasteiger partial charge in [0.2, 0.25) is 0 Å². The van der Waals surface area contributed by atoms with E-state index in [2.05, 4.69) is 89.2 Å². The normalized spacial score (nSPS) is 12.8. The van der Waals surface area contributed by atoms with Gasteiger partial charge in [0, 0.05) is 19.3 Å². The Bertz CT molecular complexity index is 913. The molecule has 210 valence electrons. The van der Waals surface area contributed by atoms with Crippen LogP contribution in [0.15, 0.2) is 72.3 Å². The molecule has 1 atom stereocenters. The SMILES string of the molecule is CCCCCC(=O)/C=C(\C)CCc1ccccc1.CCCCCC(=O)C[C@@](C)(CC)CCc1ccccc1. The summed E-state index contributed by atoms with van der Waals surface area (Å²) >= 11 is 0. The van der Waals surface area contributed by atoms with E-state index in [4.69, 9.17) is 0 Å². The fourth-order valence-corrected chi connectivity index (χ4v) is 4.57. The second-order valence-electron chi connectivity index (χ2n) is 11.2. The first-order valence-corrected chi connectivity index (χ1v) is 15.1. The van der Waals surface area contributed by atoms with E-state index in [0.29, 0.717) is 12.2 Å². The maximum atomic E-state index is 12.1. The fraction of sp³-hybridized carbons (Fsp3) is 0.556. The number of carbonyl (C=O) groups is 2. The van der Waals surface area contributed by atoms with E-state index in [-0.39, 0.29) is 11.2 Å². The van der Waals surface area contributed by atoms with Crippen LogP contribution in [-0.2, 0) is 22.4 Å². The van der Waals surface area contributed by atoms with Gasteiger partial charge in [0.1, 0.15) is 5.78 Å². The standard InChI is InChI=1S/C19H30O.C17H24O/c1-4-6-8-13-18(20)16-19(3,5-2)15-14-17-11-9-7-10-12-17;1-3-4-6-11-17(18)14-15(2)12-13-16-9-7-5-8-10-16/h7,9-12H,4-6,8,13-16H2,1-3H3;5,7-10,14H,3-4,6,11-13H2,1-2H3/b;15-14+/t19-;/m0./s1. The second kappa shape index (κ2) is 20.5. The van der Waals surface area contributed by atoms with Crippen LogP contribution in [-0.4, -0.2) is 11.6 Å². The van der Waals surface area contributed by atoms with Crippen molar-refractivity contribution in [2.45, 2.75) is 125 Å². The van der Waals surface area contributed by atoms with Crippen molar-refractivity contribution in [1.82, 2.24) is 0 Å². The summed E-state index contributed by atoms with van der Waals surface area (Å²) in [5, 5.41) is 0. The zero-order chi connectivity index (χ0) is 28.1. The molecule has 0 bridgehead atoms. The highest BCUT2D eigenvalue weighted by Gasteiger charge is 2.25. The Labute approximate surface area is 234 Å². The van der Waals surface area contributed by atoms with Gasteiger partial charge in [-0.05, 0) is 68.1 Å². The summed E-state index contributed by atoms with van der Waals surface area (Å²) in [7, 11) is 0. The van der Waals surface area contributed by atoms with Crippen LogP contribution in [0.1, 0.15) is 123 Å². The molecule has 0 radical (unpaired) electrons. The number of unbranched alkanes of at least 4 members (excludes halogenated alkanes) is 4. The van der Waals surface area contributed by atoms with E-state index in [9.17, 15) is 9.59 Å². The number of rotatable bonds is 18. The van der Waals surface area contributed by atoms with Crippen molar-refractivity contribution < 1.29 is 9.59 Å². The highest BCUT2D eigenvalue weighted by molar-refractivity contribution is 5.90. The van der Waals surface area contributed by atoms with Crippen molar-refractivity contribution >= 4 is 11.6 Å². The maximum absolute atomic E-state index is 12.1. The molecule has 0 saturated carbocycles. The molecule has 2 rings (SSSR count). The lowest BCUT2D eigenvalue weighted by Gasteiger charge is -2.27. The van der Waals surface area contributed by atoms with Gasteiger partial charge in [0.15, 0.2) is 5.78 Å². The van der Waals surface area contributed by atoms with Crippen molar-refractivity contribution in [3.63, 3.8) is 0 Å². The molecule has 0 fully saturated rings. The predicted octanol–water partition coefficient (Wildman–Crippen LogP) is 10.3. The highest BCUT2D eigenvalue weighted by atomic mass is 16.1. The first kappa shape index (κ1) is 33.5. The van der Waals surface area contributed by atoms with E-state index in [1.165, 1.54) is 36.0 Å². The molecule has 0 aliphatic carbocycles. The van der Waals surface area contributed by atoms with Crippen LogP contribution in [0.3, 0.4) is 0 Å². The molecular formula is C36H54O2. The zero-order valence-corrected chi connectivity index (χ0v) is 25.1. The minimum atomic E-state index is 0.166. The number of allylic oxidation sites excluding steroid dienone is 2. The van der Waals surface area contributed by atoms with Gasteiger partial charge in [-0.3, -0.25) is 9.59 Å². The Morgan fingerprint density at radius 2 is 1.24 bits per heavy atom. The monoisotopic (exact) mass is 518 g/mol. The minimum Gasteiger partial charge on any atom is -0.300 e. The molecule has 0 amide bonds. The maximum Gasteiger partial charge on any atom is 0.155 e. The van der Waals surface area contributed by atoms with Gasteiger partial charge < -0.3 is 0 Å². The van der Waals surface area contributed by atoms with Gasteiger partial charge in [-0.2, -0.15) is 0 Å². The fourth-order valence-electron chi connectivity index (χ4n) is 4.57. The van der Waals surface area contributed by atoms with Crippen LogP contribution in [0.4, 0.5) is 0 Å². The number of Topliss-reactive ketones (excluding diaryl/α,β-unsaturated/α-hetero) is 1. The average molecular weight is 519 g/mol. The molecule has 0 N–H and O–H groups in total. The van der Waals surface area contributed by atoms with E-state index in [0.717, 1.165) is 64.2 Å². The van der Waals surface area contributed by atoms with E-state index in [1.807, 2.05) is 12.1 Å². The van der Waals surface area contributed by atoms with Crippen molar-refractivity contribution in [1.29, 1.82) is 0 Å². The Hall–Kier alpha value is -2.48. The molecule has 2 aromatic rings. The van der Waals surface area contributed by atoms with Crippen LogP contribution in [0.25, 0.3) is 0 Å². The largest absolute Gasteiger partial charge is 0.300 e. The first-order chi connectivity index (χ1) is 18.3. The number of benzene rings is 2. The molecule has 0 heterocycles. The smallest absolute Gasteiger partial charge is 0.155 e. The summed E-state index contributed by atoms with van der Waals surface area (Å²) in [6, 6.07) is 21.0. The third-order valence-corrected chi connectivity index (χ3v) is 7.48. The lowest BCUT2D eigenvalue weighted by molar-refractivity contribution is -0.121. The number of carbonyl (C=O) groups excluding carboxylic acids is 2. The van der Waals surface area contributed by atoms with Crippen molar-refractivity contribution in [3.05, 3.63) is 83.4 Å². The Kier molecular flexibility index (Phi) is 18.1. The lowest BCUT2D eigenvalue weighted by atomic mass is 9.77.